The summed E-state index contributed by atoms with van der Waals surface area (Å²) in [5.41, 5.74) is 0.460. The first-order valence-electron chi connectivity index (χ1n) is 4.33. The molecule has 86 valence electrons. The van der Waals surface area contributed by atoms with Gasteiger partial charge in [0.2, 0.25) is 0 Å². The lowest BCUT2D eigenvalue weighted by molar-refractivity contribution is -0.134. The van der Waals surface area contributed by atoms with Crippen molar-refractivity contribution in [2.24, 2.45) is 0 Å². The Morgan fingerprint density at radius 3 is 2.24 bits per heavy atom. The van der Waals surface area contributed by atoms with Gasteiger partial charge in [-0.2, -0.15) is 13.2 Å². The standard InChI is InChI=1S/C10H4F3N3S/c1-2-6-3-14-8(15-4-6)9-16-5-7(17-9)10(11,12)13/h1,3-5H. The van der Waals surface area contributed by atoms with Crippen molar-refractivity contribution in [3.05, 3.63) is 29.0 Å². The molecule has 0 atom stereocenters. The van der Waals surface area contributed by atoms with Gasteiger partial charge in [-0.05, 0) is 0 Å². The number of thiazole rings is 1. The second kappa shape index (κ2) is 4.14. The quantitative estimate of drug-likeness (QED) is 0.735. The van der Waals surface area contributed by atoms with Crippen LogP contribution < -0.4 is 0 Å². The van der Waals surface area contributed by atoms with Crippen LogP contribution in [0.5, 0.6) is 0 Å². The maximum absolute atomic E-state index is 12.3. The van der Waals surface area contributed by atoms with E-state index in [0.717, 1.165) is 6.20 Å². The van der Waals surface area contributed by atoms with E-state index in [9.17, 15) is 13.2 Å². The van der Waals surface area contributed by atoms with Crippen molar-refractivity contribution in [1.82, 2.24) is 15.0 Å². The zero-order valence-corrected chi connectivity index (χ0v) is 9.01. The van der Waals surface area contributed by atoms with Crippen LogP contribution in [-0.2, 0) is 6.18 Å². The topological polar surface area (TPSA) is 38.7 Å². The average Bonchev–Trinajstić information content (AvgIpc) is 2.78. The fourth-order valence-corrected chi connectivity index (χ4v) is 1.75. The van der Waals surface area contributed by atoms with Gasteiger partial charge < -0.3 is 0 Å². The van der Waals surface area contributed by atoms with E-state index in [2.05, 4.69) is 20.9 Å². The summed E-state index contributed by atoms with van der Waals surface area (Å²) in [6.45, 7) is 0. The van der Waals surface area contributed by atoms with Crippen molar-refractivity contribution in [3.63, 3.8) is 0 Å². The molecule has 0 aliphatic rings. The molecule has 0 fully saturated rings. The molecule has 0 unspecified atom stereocenters. The Hall–Kier alpha value is -1.94. The van der Waals surface area contributed by atoms with Gasteiger partial charge in [-0.3, -0.25) is 0 Å². The van der Waals surface area contributed by atoms with E-state index in [1.54, 1.807) is 0 Å². The molecular weight excluding hydrogens is 251 g/mol. The van der Waals surface area contributed by atoms with Gasteiger partial charge in [0.15, 0.2) is 10.8 Å². The molecule has 7 heteroatoms. The lowest BCUT2D eigenvalue weighted by Gasteiger charge is -1.99. The fraction of sp³-hybridized carbons (Fsp3) is 0.100. The lowest BCUT2D eigenvalue weighted by Crippen LogP contribution is -2.00. The van der Waals surface area contributed by atoms with Gasteiger partial charge in [0.05, 0.1) is 11.8 Å². The first-order chi connectivity index (χ1) is 8.00. The van der Waals surface area contributed by atoms with Crippen LogP contribution in [0.4, 0.5) is 13.2 Å². The maximum Gasteiger partial charge on any atom is 0.427 e. The molecule has 2 rings (SSSR count). The van der Waals surface area contributed by atoms with Crippen LogP contribution in [0.25, 0.3) is 10.8 Å². The average molecular weight is 255 g/mol. The van der Waals surface area contributed by atoms with Crippen LogP contribution in [0.3, 0.4) is 0 Å². The fourth-order valence-electron chi connectivity index (χ4n) is 1.02. The monoisotopic (exact) mass is 255 g/mol. The SMILES string of the molecule is C#Cc1cnc(-c2ncc(C(F)(F)F)s2)nc1. The Bertz CT molecular complexity index is 566. The lowest BCUT2D eigenvalue weighted by atomic mass is 10.4. The van der Waals surface area contributed by atoms with E-state index < -0.39 is 11.1 Å². The largest absolute Gasteiger partial charge is 0.427 e. The van der Waals surface area contributed by atoms with Crippen molar-refractivity contribution >= 4 is 11.3 Å². The maximum atomic E-state index is 12.3. The van der Waals surface area contributed by atoms with E-state index in [4.69, 9.17) is 6.42 Å². The Balaban J connectivity index is 2.34. The molecule has 0 aromatic carbocycles. The summed E-state index contributed by atoms with van der Waals surface area (Å²) in [7, 11) is 0. The van der Waals surface area contributed by atoms with E-state index in [1.807, 2.05) is 0 Å². The number of aromatic nitrogens is 3. The highest BCUT2D eigenvalue weighted by atomic mass is 32.1. The molecule has 0 radical (unpaired) electrons. The third-order valence-corrected chi connectivity index (χ3v) is 2.83. The summed E-state index contributed by atoms with van der Waals surface area (Å²) >= 11 is 0.494. The summed E-state index contributed by atoms with van der Waals surface area (Å²) in [6, 6.07) is 0. The number of halogens is 3. The molecule has 0 amide bonds. The summed E-state index contributed by atoms with van der Waals surface area (Å²) in [6.07, 6.45) is 4.19. The highest BCUT2D eigenvalue weighted by molar-refractivity contribution is 7.15. The van der Waals surface area contributed by atoms with Crippen LogP contribution in [0.15, 0.2) is 18.6 Å². The zero-order valence-electron chi connectivity index (χ0n) is 8.19. The van der Waals surface area contributed by atoms with Crippen molar-refractivity contribution < 1.29 is 13.2 Å². The van der Waals surface area contributed by atoms with Gasteiger partial charge in [-0.15, -0.1) is 17.8 Å². The molecule has 0 saturated carbocycles. The van der Waals surface area contributed by atoms with E-state index >= 15 is 0 Å². The van der Waals surface area contributed by atoms with Gasteiger partial charge >= 0.3 is 6.18 Å². The Kier molecular flexibility index (Phi) is 2.81. The predicted molar refractivity (Wildman–Crippen MR) is 56.1 cm³/mol. The van der Waals surface area contributed by atoms with E-state index in [0.29, 0.717) is 16.9 Å². The van der Waals surface area contributed by atoms with Crippen LogP contribution >= 0.6 is 11.3 Å². The zero-order chi connectivity index (χ0) is 12.5. The molecule has 0 bridgehead atoms. The normalized spacial score (nSPS) is 11.2. The van der Waals surface area contributed by atoms with E-state index in [-0.39, 0.29) is 10.8 Å². The Morgan fingerprint density at radius 1 is 1.12 bits per heavy atom. The highest BCUT2D eigenvalue weighted by Gasteiger charge is 2.33. The first kappa shape index (κ1) is 11.5. The molecule has 2 aromatic heterocycles. The third kappa shape index (κ3) is 2.42. The smallest absolute Gasteiger partial charge is 0.241 e. The van der Waals surface area contributed by atoms with Gasteiger partial charge in [0.1, 0.15) is 4.88 Å². The number of hydrogen-bond donors (Lipinski definition) is 0. The minimum Gasteiger partial charge on any atom is -0.241 e. The highest BCUT2D eigenvalue weighted by Crippen LogP contribution is 2.35. The molecule has 3 nitrogen and oxygen atoms in total. The van der Waals surface area contributed by atoms with Crippen molar-refractivity contribution in [3.8, 4) is 23.2 Å². The molecule has 0 aliphatic heterocycles. The predicted octanol–water partition coefficient (Wildman–Crippen LogP) is 2.60. The summed E-state index contributed by atoms with van der Waals surface area (Å²) < 4.78 is 37.0. The van der Waals surface area contributed by atoms with Crippen LogP contribution in [0.1, 0.15) is 10.4 Å². The second-order valence-electron chi connectivity index (χ2n) is 2.97. The molecule has 0 aliphatic carbocycles. The number of alkyl halides is 3. The number of rotatable bonds is 1. The summed E-state index contributed by atoms with van der Waals surface area (Å²) in [5.74, 6) is 2.44. The molecule has 0 N–H and O–H groups in total. The molecule has 2 aromatic rings. The molecule has 0 saturated heterocycles. The third-order valence-electron chi connectivity index (χ3n) is 1.79. The molecular formula is C10H4F3N3S. The van der Waals surface area contributed by atoms with Gasteiger partial charge in [-0.1, -0.05) is 5.92 Å². The molecule has 2 heterocycles. The number of hydrogen-bond acceptors (Lipinski definition) is 4. The van der Waals surface area contributed by atoms with Gasteiger partial charge in [0.25, 0.3) is 0 Å². The van der Waals surface area contributed by atoms with Crippen LogP contribution in [-0.4, -0.2) is 15.0 Å². The van der Waals surface area contributed by atoms with E-state index in [1.165, 1.54) is 12.4 Å². The van der Waals surface area contributed by atoms with Gasteiger partial charge in [0, 0.05) is 12.4 Å². The minimum atomic E-state index is -4.39. The van der Waals surface area contributed by atoms with Crippen molar-refractivity contribution in [2.75, 3.05) is 0 Å². The van der Waals surface area contributed by atoms with Crippen molar-refractivity contribution in [1.29, 1.82) is 0 Å². The second-order valence-corrected chi connectivity index (χ2v) is 4.00. The Labute approximate surface area is 98.4 Å². The summed E-state index contributed by atoms with van der Waals surface area (Å²) in [5, 5.41) is 0.112. The van der Waals surface area contributed by atoms with Crippen LogP contribution in [0.2, 0.25) is 0 Å². The molecule has 0 spiro atoms. The first-order valence-corrected chi connectivity index (χ1v) is 5.14. The van der Waals surface area contributed by atoms with Crippen molar-refractivity contribution in [2.45, 2.75) is 6.18 Å². The Morgan fingerprint density at radius 2 is 1.76 bits per heavy atom. The van der Waals surface area contributed by atoms with Crippen LogP contribution in [0, 0.1) is 12.3 Å². The summed E-state index contributed by atoms with van der Waals surface area (Å²) in [4.78, 5) is 10.5. The van der Waals surface area contributed by atoms with Gasteiger partial charge in [-0.25, -0.2) is 15.0 Å². The molecule has 17 heavy (non-hydrogen) atoms. The number of nitrogens with zero attached hydrogens (tertiary/aromatic N) is 3. The minimum absolute atomic E-state index is 0.112. The number of terminal acetylenes is 1.